The van der Waals surface area contributed by atoms with Crippen molar-refractivity contribution in [1.82, 2.24) is 14.9 Å². The highest BCUT2D eigenvalue weighted by atomic mass is 127. The minimum atomic E-state index is -0.529. The molecule has 1 fully saturated rings. The molecule has 1 amide bonds. The highest BCUT2D eigenvalue weighted by Gasteiger charge is 2.39. The third kappa shape index (κ3) is 6.95. The molecule has 0 bridgehead atoms. The molecule has 0 radical (unpaired) electrons. The first-order valence-electron chi connectivity index (χ1n) is 11.2. The number of nitrogens with zero attached hydrogens (tertiary/aromatic N) is 3. The lowest BCUT2D eigenvalue weighted by Crippen LogP contribution is -2.55. The van der Waals surface area contributed by atoms with E-state index in [9.17, 15) is 4.79 Å². The van der Waals surface area contributed by atoms with Crippen LogP contribution in [0.2, 0.25) is 0 Å². The largest absolute Gasteiger partial charge is 0.486 e. The average molecular weight is 552 g/mol. The van der Waals surface area contributed by atoms with Gasteiger partial charge in [-0.25, -0.2) is 14.8 Å². The zero-order valence-electron chi connectivity index (χ0n) is 19.3. The molecule has 1 aliphatic heterocycles. The van der Waals surface area contributed by atoms with Crippen LogP contribution in [0.15, 0.2) is 42.7 Å². The van der Waals surface area contributed by atoms with Crippen LogP contribution in [-0.4, -0.2) is 42.7 Å². The summed E-state index contributed by atoms with van der Waals surface area (Å²) >= 11 is 2.15. The summed E-state index contributed by atoms with van der Waals surface area (Å²) in [5, 5.41) is 3.46. The van der Waals surface area contributed by atoms with Crippen molar-refractivity contribution < 1.29 is 14.3 Å². The summed E-state index contributed by atoms with van der Waals surface area (Å²) in [6.45, 7) is 8.50. The molecular weight excluding hydrogens is 519 g/mol. The maximum atomic E-state index is 12.9. The van der Waals surface area contributed by atoms with Gasteiger partial charge in [-0.15, -0.1) is 0 Å². The highest BCUT2D eigenvalue weighted by molar-refractivity contribution is 14.1. The van der Waals surface area contributed by atoms with Gasteiger partial charge in [0.15, 0.2) is 9.36 Å². The van der Waals surface area contributed by atoms with Crippen LogP contribution in [0.4, 0.5) is 10.7 Å². The normalized spacial score (nSPS) is 21.2. The van der Waals surface area contributed by atoms with E-state index in [2.05, 4.69) is 51.7 Å². The lowest BCUT2D eigenvalue weighted by Gasteiger charge is -2.45. The molecule has 0 aliphatic carbocycles. The fourth-order valence-corrected chi connectivity index (χ4v) is 4.26. The van der Waals surface area contributed by atoms with Gasteiger partial charge in [-0.2, -0.15) is 0 Å². The van der Waals surface area contributed by atoms with Crippen molar-refractivity contribution in [2.24, 2.45) is 0 Å². The van der Waals surface area contributed by atoms with Crippen molar-refractivity contribution in [3.05, 3.63) is 48.3 Å². The molecule has 7 nitrogen and oxygen atoms in total. The van der Waals surface area contributed by atoms with Crippen LogP contribution in [0.5, 0.6) is 5.75 Å². The van der Waals surface area contributed by atoms with Crippen molar-refractivity contribution in [2.75, 3.05) is 5.32 Å². The number of alkyl halides is 1. The van der Waals surface area contributed by atoms with Gasteiger partial charge < -0.3 is 19.7 Å². The number of carbonyl (C=O) groups excluding carboxylic acids is 1. The van der Waals surface area contributed by atoms with Crippen LogP contribution in [0, 0.1) is 0 Å². The smallest absolute Gasteiger partial charge is 0.411 e. The zero-order chi connectivity index (χ0) is 23.1. The van der Waals surface area contributed by atoms with Crippen molar-refractivity contribution in [3.63, 3.8) is 0 Å². The second-order valence-electron chi connectivity index (χ2n) is 8.59. The predicted molar refractivity (Wildman–Crippen MR) is 134 cm³/mol. The fourth-order valence-electron chi connectivity index (χ4n) is 4.07. The Labute approximate surface area is 204 Å². The fraction of sp³-hybridized carbons (Fsp3) is 0.542. The minimum absolute atomic E-state index is 0.117. The number of halogens is 1. The van der Waals surface area contributed by atoms with Crippen molar-refractivity contribution in [2.45, 2.75) is 81.7 Å². The highest BCUT2D eigenvalue weighted by Crippen LogP contribution is 2.31. The number of aromatic nitrogens is 2. The average Bonchev–Trinajstić information content (AvgIpc) is 2.77. The standard InChI is InChI=1S/C24H33IN4O3/c1-5-19-12-18(13-20(6-2)29(19)23(30)32-24(3,4)25)28-22-26-14-21(15-27-22)31-16-17-10-8-7-9-11-17/h7-11,14-15,18-20H,5-6,12-13,16H2,1-4H3,(H,26,27,28)/t18?,19-,20+. The summed E-state index contributed by atoms with van der Waals surface area (Å²) in [4.78, 5) is 23.7. The van der Waals surface area contributed by atoms with E-state index >= 15 is 0 Å². The Hall–Kier alpha value is -2.10. The Balaban J connectivity index is 1.59. The van der Waals surface area contributed by atoms with E-state index in [1.807, 2.05) is 49.1 Å². The number of rotatable bonds is 8. The molecule has 1 aliphatic rings. The van der Waals surface area contributed by atoms with Gasteiger partial charge in [0.05, 0.1) is 12.4 Å². The van der Waals surface area contributed by atoms with E-state index in [1.165, 1.54) is 0 Å². The SMILES string of the molecule is CC[C@@H]1CC(Nc2ncc(OCc3ccccc3)cn2)C[C@H](CC)N1C(=O)OC(C)(C)I. The summed E-state index contributed by atoms with van der Waals surface area (Å²) in [6.07, 6.45) is 6.58. The molecule has 0 spiro atoms. The lowest BCUT2D eigenvalue weighted by molar-refractivity contribution is 0.0210. The summed E-state index contributed by atoms with van der Waals surface area (Å²) in [7, 11) is 0. The topological polar surface area (TPSA) is 76.6 Å². The van der Waals surface area contributed by atoms with Gasteiger partial charge in [0.2, 0.25) is 5.95 Å². The van der Waals surface area contributed by atoms with E-state index in [1.54, 1.807) is 12.4 Å². The first-order valence-corrected chi connectivity index (χ1v) is 12.3. The van der Waals surface area contributed by atoms with Crippen molar-refractivity contribution in [3.8, 4) is 5.75 Å². The molecular formula is C24H33IN4O3. The third-order valence-electron chi connectivity index (χ3n) is 5.59. The Kier molecular flexibility index (Phi) is 8.56. The van der Waals surface area contributed by atoms with Crippen molar-refractivity contribution in [1.29, 1.82) is 0 Å². The zero-order valence-corrected chi connectivity index (χ0v) is 21.4. The number of hydrogen-bond acceptors (Lipinski definition) is 6. The first kappa shape index (κ1) is 24.5. The van der Waals surface area contributed by atoms with Gasteiger partial charge in [-0.05, 0) is 67.7 Å². The number of anilines is 1. The van der Waals surface area contributed by atoms with Gasteiger partial charge in [-0.1, -0.05) is 44.2 Å². The molecule has 1 aromatic heterocycles. The molecule has 174 valence electrons. The molecule has 2 aromatic rings. The quantitative estimate of drug-likeness (QED) is 0.330. The van der Waals surface area contributed by atoms with Crippen LogP contribution >= 0.6 is 22.6 Å². The van der Waals surface area contributed by atoms with Crippen molar-refractivity contribution >= 4 is 34.6 Å². The lowest BCUT2D eigenvalue weighted by atomic mass is 9.89. The number of carbonyl (C=O) groups is 1. The number of likely N-dealkylation sites (tertiary alicyclic amines) is 1. The van der Waals surface area contributed by atoms with Gasteiger partial charge in [0, 0.05) is 18.1 Å². The van der Waals surface area contributed by atoms with Crippen LogP contribution in [0.1, 0.15) is 58.9 Å². The molecule has 0 saturated carbocycles. The maximum Gasteiger partial charge on any atom is 0.411 e. The maximum absolute atomic E-state index is 12.9. The van der Waals surface area contributed by atoms with E-state index in [0.717, 1.165) is 31.2 Å². The van der Waals surface area contributed by atoms with Gasteiger partial charge in [-0.3, -0.25) is 0 Å². The number of benzene rings is 1. The second kappa shape index (κ2) is 11.2. The van der Waals surface area contributed by atoms with E-state index < -0.39 is 3.61 Å². The van der Waals surface area contributed by atoms with Crippen LogP contribution < -0.4 is 10.1 Å². The Morgan fingerprint density at radius 3 is 2.25 bits per heavy atom. The van der Waals surface area contributed by atoms with Crippen LogP contribution in [-0.2, 0) is 11.3 Å². The van der Waals surface area contributed by atoms with E-state index in [-0.39, 0.29) is 24.2 Å². The minimum Gasteiger partial charge on any atom is -0.486 e. The van der Waals surface area contributed by atoms with Gasteiger partial charge in [0.1, 0.15) is 6.61 Å². The molecule has 3 atom stereocenters. The second-order valence-corrected chi connectivity index (χ2v) is 11.2. The number of hydrogen-bond donors (Lipinski definition) is 1. The Morgan fingerprint density at radius 2 is 1.72 bits per heavy atom. The summed E-state index contributed by atoms with van der Waals surface area (Å²) in [5.74, 6) is 1.22. The molecule has 2 heterocycles. The summed E-state index contributed by atoms with van der Waals surface area (Å²) in [5.41, 5.74) is 1.10. The molecule has 32 heavy (non-hydrogen) atoms. The third-order valence-corrected chi connectivity index (χ3v) is 5.81. The van der Waals surface area contributed by atoms with Gasteiger partial charge >= 0.3 is 6.09 Å². The Morgan fingerprint density at radius 1 is 1.12 bits per heavy atom. The number of nitrogens with one attached hydrogen (secondary N) is 1. The molecule has 1 N–H and O–H groups in total. The molecule has 1 aromatic carbocycles. The van der Waals surface area contributed by atoms with Crippen LogP contribution in [0.25, 0.3) is 0 Å². The monoisotopic (exact) mass is 552 g/mol. The van der Waals surface area contributed by atoms with Crippen LogP contribution in [0.3, 0.4) is 0 Å². The number of amides is 1. The number of ether oxygens (including phenoxy) is 2. The Bertz CT molecular complexity index is 844. The molecule has 8 heteroatoms. The molecule has 1 saturated heterocycles. The summed E-state index contributed by atoms with van der Waals surface area (Å²) in [6, 6.07) is 10.4. The molecule has 3 rings (SSSR count). The van der Waals surface area contributed by atoms with E-state index in [0.29, 0.717) is 18.3 Å². The predicted octanol–water partition coefficient (Wildman–Crippen LogP) is 5.80. The van der Waals surface area contributed by atoms with Gasteiger partial charge in [0.25, 0.3) is 0 Å². The number of piperidine rings is 1. The van der Waals surface area contributed by atoms with E-state index in [4.69, 9.17) is 9.47 Å². The molecule has 1 unspecified atom stereocenters. The summed E-state index contributed by atoms with van der Waals surface area (Å²) < 4.78 is 10.9. The first-order chi connectivity index (χ1) is 15.3.